The Morgan fingerprint density at radius 1 is 0.432 bits per heavy atom. The van der Waals surface area contributed by atoms with Gasteiger partial charge in [0.1, 0.15) is 89.7 Å². The van der Waals surface area contributed by atoms with Crippen LogP contribution in [0.15, 0.2) is 0 Å². The molecule has 5 fully saturated rings. The van der Waals surface area contributed by atoms with Crippen LogP contribution < -0.4 is 10.6 Å². The monoisotopic (exact) mass is 1850 g/mol. The van der Waals surface area contributed by atoms with Gasteiger partial charge in [-0.3, -0.25) is 56.5 Å². The number of ketones is 5. The van der Waals surface area contributed by atoms with Crippen LogP contribution in [0.1, 0.15) is 237 Å². The molecule has 5 saturated heterocycles. The number of phosphoric acid groups is 2. The molecule has 0 radical (unpaired) electrons. The third-order valence-electron chi connectivity index (χ3n) is 21.8. The Balaban J connectivity index is 0.0000254. The van der Waals surface area contributed by atoms with Gasteiger partial charge in [0.05, 0.1) is 109 Å². The lowest BCUT2D eigenvalue weighted by Crippen LogP contribution is -2.59. The van der Waals surface area contributed by atoms with Gasteiger partial charge in [-0.25, -0.2) is 9.13 Å². The Labute approximate surface area is 738 Å². The SMILES string of the molecule is C.C.C.C.CO.COP(=O)(O)OC1C[C@H](C)O[C@@H]1COP(=O)(O)O[C@@H]1C[C@@H](CO)N(C(=O)CC(=O)NC(COCCC(=O)CCCCCC(=O)CCCCO[C@@H]2OC(CO)[C@H](O)[C@H](O)C2C)(COCCC(=O)CCCCCC(=O)CCCCO[C@@H]2OC(CO)[C@H](O)[C@H](O)C2C)COCCC(=O)NCCCCC(=O)CCCCO[C@@H]2OC(CO)[C@H](O)[C@H](O)C2C)C1. The molecule has 42 heteroatoms. The number of carbonyl (C=O) groups excluding carboxylic acids is 8. The maximum absolute atomic E-state index is 14.4. The molecule has 736 valence electrons. The van der Waals surface area contributed by atoms with Crippen molar-refractivity contribution >= 4 is 62.3 Å². The second-order valence-corrected chi connectivity index (χ2v) is 34.8. The Bertz CT molecular complexity index is 2880. The molecule has 0 aromatic carbocycles. The van der Waals surface area contributed by atoms with Crippen molar-refractivity contribution in [3.05, 3.63) is 0 Å². The van der Waals surface area contributed by atoms with Gasteiger partial charge >= 0.3 is 15.6 Å². The van der Waals surface area contributed by atoms with Gasteiger partial charge in [0.25, 0.3) is 0 Å². The van der Waals surface area contributed by atoms with Crippen molar-refractivity contribution in [1.82, 2.24) is 15.5 Å². The molecule has 40 nitrogen and oxygen atoms in total. The fraction of sp³-hybridized carbons (Fsp3) is 0.904. The maximum Gasteiger partial charge on any atom is 0.472 e. The van der Waals surface area contributed by atoms with Crippen LogP contribution in [0.5, 0.6) is 0 Å². The molecule has 5 aliphatic rings. The van der Waals surface area contributed by atoms with Crippen molar-refractivity contribution in [2.45, 2.75) is 347 Å². The van der Waals surface area contributed by atoms with Crippen LogP contribution in [0.3, 0.4) is 0 Å². The van der Waals surface area contributed by atoms with Crippen LogP contribution in [0.4, 0.5) is 0 Å². The highest BCUT2D eigenvalue weighted by atomic mass is 31.2. The highest BCUT2D eigenvalue weighted by molar-refractivity contribution is 7.47. The Hall–Kier alpha value is -3.86. The fourth-order valence-corrected chi connectivity index (χ4v) is 16.1. The lowest BCUT2D eigenvalue weighted by Gasteiger charge is -2.40. The van der Waals surface area contributed by atoms with Crippen molar-refractivity contribution in [3.8, 4) is 0 Å². The van der Waals surface area contributed by atoms with Gasteiger partial charge in [0.15, 0.2) is 18.9 Å². The number of nitrogens with zero attached hydrogens (tertiary/aromatic N) is 1. The zero-order chi connectivity index (χ0) is 89.7. The maximum atomic E-state index is 14.4. The summed E-state index contributed by atoms with van der Waals surface area (Å²) in [6, 6.07) is -1.02. The third-order valence-corrected chi connectivity index (χ3v) is 23.9. The molecule has 5 aliphatic heterocycles. The van der Waals surface area contributed by atoms with Crippen LogP contribution in [0.2, 0.25) is 0 Å². The summed E-state index contributed by atoms with van der Waals surface area (Å²) in [5, 5.41) is 113. The Morgan fingerprint density at radius 3 is 1.18 bits per heavy atom. The highest BCUT2D eigenvalue weighted by Crippen LogP contribution is 2.50. The first-order valence-electron chi connectivity index (χ1n) is 42.5. The average molecular weight is 1850 g/mol. The number of aliphatic hydroxyl groups excluding tert-OH is 11. The minimum absolute atomic E-state index is 0. The largest absolute Gasteiger partial charge is 0.472 e. The molecule has 0 aliphatic carbocycles. The van der Waals surface area contributed by atoms with E-state index < -0.39 is 227 Å². The number of nitrogens with one attached hydrogen (secondary N) is 2. The third kappa shape index (κ3) is 45.4. The van der Waals surface area contributed by atoms with Gasteiger partial charge in [-0.1, -0.05) is 63.3 Å². The van der Waals surface area contributed by atoms with E-state index in [0.717, 1.165) is 19.1 Å². The number of phosphoric ester groups is 2. The number of rotatable bonds is 65. The average Bonchev–Trinajstić information content (AvgIpc) is 1.75. The van der Waals surface area contributed by atoms with Crippen molar-refractivity contribution in [1.29, 1.82) is 0 Å². The smallest absolute Gasteiger partial charge is 0.400 e. The van der Waals surface area contributed by atoms with E-state index in [4.69, 9.17) is 66.0 Å². The summed E-state index contributed by atoms with van der Waals surface area (Å²) < 4.78 is 104. The van der Waals surface area contributed by atoms with Gasteiger partial charge < -0.3 is 129 Å². The fourth-order valence-electron chi connectivity index (χ4n) is 14.5. The standard InChI is InChI=1S/C78H137N3O36P2.CH4O.4CH4/c1-50-38-61(117-118(100,101)104-5)65(112-50)46-111-119(102,103)116-60-39-54(42-82)81(41-60)68(93)40-67(92)80-78(47-105-35-28-58(89)22-10-6-8-20-55(86)25-13-17-32-108-75-51(2)69(94)72(97)62(43-83)113-75,48-106-36-29-59(90)23-11-7-9-21-56(87)26-14-18-33-109-76-52(3)70(95)73(98)63(44-84)114-76)49-107-37-30-66(91)79-31-16-12-24-57(88)27-15-19-34-110-77-53(4)71(96)74(99)64(45-85)115-77;1-2;;;;/h50-54,60-65,69-77,82-85,94-99H,6-49H2,1-5H3,(H,79,91)(H,80,92)(H,100,101)(H,102,103);2H,1H3;4*1H4/t50-,51?,52?,53?,54-,60+,61?,62?,63?,64?,65+,69+,70+,71+,72-,73-,74-,75+,76+,77+,78?;;;;;/m0...../s1. The molecule has 15 N–H and O–H groups in total. The Morgan fingerprint density at radius 2 is 0.800 bits per heavy atom. The number of aliphatic hydroxyl groups is 11. The number of carbonyl (C=O) groups is 8. The summed E-state index contributed by atoms with van der Waals surface area (Å²) in [4.78, 5) is 128. The molecule has 0 bridgehead atoms. The van der Waals surface area contributed by atoms with E-state index in [-0.39, 0.29) is 163 Å². The lowest BCUT2D eigenvalue weighted by atomic mass is 9.92. The molecule has 0 aromatic rings. The van der Waals surface area contributed by atoms with Crippen LogP contribution in [-0.4, -0.2) is 347 Å². The summed E-state index contributed by atoms with van der Waals surface area (Å²) in [7, 11) is -7.53. The molecule has 9 unspecified atom stereocenters. The number of hydrogen-bond donors (Lipinski definition) is 15. The zero-order valence-electron chi connectivity index (χ0n) is 71.1. The highest BCUT2D eigenvalue weighted by Gasteiger charge is 2.48. The second kappa shape index (κ2) is 65.7. The first-order chi connectivity index (χ1) is 57.7. The van der Waals surface area contributed by atoms with E-state index in [2.05, 4.69) is 15.2 Å². The van der Waals surface area contributed by atoms with E-state index in [1.165, 1.54) is 0 Å². The van der Waals surface area contributed by atoms with Gasteiger partial charge in [0, 0.05) is 142 Å². The van der Waals surface area contributed by atoms with Crippen molar-refractivity contribution in [2.24, 2.45) is 17.8 Å². The molecule has 0 aromatic heterocycles. The van der Waals surface area contributed by atoms with E-state index in [1.54, 1.807) is 27.7 Å². The zero-order valence-corrected chi connectivity index (χ0v) is 72.9. The molecule has 5 rings (SSSR count). The van der Waals surface area contributed by atoms with E-state index in [1.807, 2.05) is 0 Å². The summed E-state index contributed by atoms with van der Waals surface area (Å²) in [5.41, 5.74) is -1.70. The van der Waals surface area contributed by atoms with Gasteiger partial charge in [-0.05, 0) is 90.4 Å². The molecule has 3 amide bonds. The number of unbranched alkanes of at least 4 members (excludes halogenated alkanes) is 8. The lowest BCUT2D eigenvalue weighted by molar-refractivity contribution is -0.282. The summed E-state index contributed by atoms with van der Waals surface area (Å²) in [6.07, 6.45) is -8.56. The molecular weight excluding hydrogens is 1690 g/mol. The minimum Gasteiger partial charge on any atom is -0.400 e. The van der Waals surface area contributed by atoms with Gasteiger partial charge in [0.2, 0.25) is 17.7 Å². The number of Topliss-reactive ketones (excluding diaryl/α,β-unsaturated/α-hetero) is 5. The molecule has 22 atom stereocenters. The molecule has 5 heterocycles. The van der Waals surface area contributed by atoms with E-state index in [0.29, 0.717) is 116 Å². The second-order valence-electron chi connectivity index (χ2n) is 31.8. The normalized spacial score (nSPS) is 28.0. The summed E-state index contributed by atoms with van der Waals surface area (Å²) >= 11 is 0. The van der Waals surface area contributed by atoms with Crippen LogP contribution in [-0.2, 0) is 113 Å². The summed E-state index contributed by atoms with van der Waals surface area (Å²) in [5.74, 6) is -4.10. The number of likely N-dealkylation sites (tertiary alicyclic amines) is 1. The number of ether oxygens (including phenoxy) is 10. The van der Waals surface area contributed by atoms with Crippen molar-refractivity contribution in [2.75, 3.05) is 120 Å². The van der Waals surface area contributed by atoms with E-state index in [9.17, 15) is 108 Å². The molecule has 0 spiro atoms. The summed E-state index contributed by atoms with van der Waals surface area (Å²) in [6.45, 7) is 2.51. The first-order valence-corrected chi connectivity index (χ1v) is 45.5. The van der Waals surface area contributed by atoms with Crippen LogP contribution in [0, 0.1) is 17.8 Å². The topological polar surface area (TPSA) is 590 Å². The quantitative estimate of drug-likeness (QED) is 0.0234. The number of amides is 3. The molecule has 0 saturated carbocycles. The first kappa shape index (κ1) is 121. The van der Waals surface area contributed by atoms with E-state index >= 15 is 0 Å². The molecule has 125 heavy (non-hydrogen) atoms. The van der Waals surface area contributed by atoms with Crippen LogP contribution in [0.25, 0.3) is 0 Å². The Kier molecular flexibility index (Phi) is 63.6. The predicted molar refractivity (Wildman–Crippen MR) is 454 cm³/mol. The van der Waals surface area contributed by atoms with Gasteiger partial charge in [-0.15, -0.1) is 0 Å². The predicted octanol–water partition coefficient (Wildman–Crippen LogP) is 3.83. The number of hydrogen-bond acceptors (Lipinski definition) is 35. The van der Waals surface area contributed by atoms with Crippen molar-refractivity contribution < 1.29 is 179 Å². The van der Waals surface area contributed by atoms with Crippen LogP contribution >= 0.6 is 15.6 Å². The van der Waals surface area contributed by atoms with Gasteiger partial charge in [-0.2, -0.15) is 0 Å². The molecular formula is C83H157N3O37P2. The van der Waals surface area contributed by atoms with Crippen molar-refractivity contribution in [3.63, 3.8) is 0 Å². The minimum atomic E-state index is -4.98.